The molecule has 1 aromatic carbocycles. The van der Waals surface area contributed by atoms with Crippen LogP contribution in [-0.2, 0) is 20.0 Å². The molecule has 3 heterocycles. The van der Waals surface area contributed by atoms with Crippen LogP contribution in [0.15, 0.2) is 36.7 Å². The van der Waals surface area contributed by atoms with Crippen molar-refractivity contribution in [3.8, 4) is 5.69 Å². The minimum atomic E-state index is -0.202. The van der Waals surface area contributed by atoms with E-state index in [9.17, 15) is 4.79 Å². The van der Waals surface area contributed by atoms with Crippen molar-refractivity contribution in [3.63, 3.8) is 0 Å². The van der Waals surface area contributed by atoms with E-state index in [4.69, 9.17) is 0 Å². The largest absolute Gasteiger partial charge is 0.312 e. The van der Waals surface area contributed by atoms with E-state index < -0.39 is 0 Å². The first kappa shape index (κ1) is 15.6. The summed E-state index contributed by atoms with van der Waals surface area (Å²) in [6, 6.07) is 7.93. The SMILES string of the molecule is Cc1ccccc1-n1cc(C(=O)Nc2nn(C)c3c2CNCC3)cn1. The zero-order valence-corrected chi connectivity index (χ0v) is 14.3. The fourth-order valence-electron chi connectivity index (χ4n) is 3.19. The summed E-state index contributed by atoms with van der Waals surface area (Å²) in [4.78, 5) is 12.6. The lowest BCUT2D eigenvalue weighted by Gasteiger charge is -2.14. The summed E-state index contributed by atoms with van der Waals surface area (Å²) >= 11 is 0. The molecule has 2 aromatic heterocycles. The second-order valence-electron chi connectivity index (χ2n) is 6.24. The highest BCUT2D eigenvalue weighted by Crippen LogP contribution is 2.22. The number of benzene rings is 1. The molecule has 0 atom stereocenters. The maximum absolute atomic E-state index is 12.6. The van der Waals surface area contributed by atoms with Gasteiger partial charge >= 0.3 is 0 Å². The third kappa shape index (κ3) is 2.83. The smallest absolute Gasteiger partial charge is 0.260 e. The number of carbonyl (C=O) groups excluding carboxylic acids is 1. The van der Waals surface area contributed by atoms with Crippen molar-refractivity contribution in [1.29, 1.82) is 0 Å². The summed E-state index contributed by atoms with van der Waals surface area (Å²) in [5, 5.41) is 15.0. The third-order valence-corrected chi connectivity index (χ3v) is 4.55. The first-order valence-corrected chi connectivity index (χ1v) is 8.31. The van der Waals surface area contributed by atoms with Crippen LogP contribution in [-0.4, -0.2) is 32.0 Å². The normalized spacial score (nSPS) is 13.5. The van der Waals surface area contributed by atoms with E-state index in [1.54, 1.807) is 17.1 Å². The molecule has 3 aromatic rings. The molecular formula is C18H20N6O. The molecule has 7 heteroatoms. The molecular weight excluding hydrogens is 316 g/mol. The highest BCUT2D eigenvalue weighted by Gasteiger charge is 2.21. The number of fused-ring (bicyclic) bond motifs is 1. The lowest BCUT2D eigenvalue weighted by molar-refractivity contribution is 0.102. The standard InChI is InChI=1S/C18H20N6O/c1-12-5-3-4-6-15(12)24-11-13(9-20-24)18(25)21-17-14-10-19-8-7-16(14)23(2)22-17/h3-6,9,11,19H,7-8,10H2,1-2H3,(H,21,22,25). The average Bonchev–Trinajstić information content (AvgIpc) is 3.22. The minimum absolute atomic E-state index is 0.202. The van der Waals surface area contributed by atoms with Crippen LogP contribution < -0.4 is 10.6 Å². The molecule has 0 unspecified atom stereocenters. The van der Waals surface area contributed by atoms with Crippen molar-refractivity contribution in [1.82, 2.24) is 24.9 Å². The van der Waals surface area contributed by atoms with Crippen molar-refractivity contribution in [3.05, 3.63) is 59.0 Å². The number of nitrogens with one attached hydrogen (secondary N) is 2. The maximum Gasteiger partial charge on any atom is 0.260 e. The summed E-state index contributed by atoms with van der Waals surface area (Å²) in [7, 11) is 1.91. The number of nitrogens with zero attached hydrogens (tertiary/aromatic N) is 4. The Hall–Kier alpha value is -2.93. The number of anilines is 1. The highest BCUT2D eigenvalue weighted by atomic mass is 16.1. The van der Waals surface area contributed by atoms with Gasteiger partial charge in [0.25, 0.3) is 5.91 Å². The Kier molecular flexibility index (Phi) is 3.85. The summed E-state index contributed by atoms with van der Waals surface area (Å²) in [5.41, 5.74) is 4.80. The van der Waals surface area contributed by atoms with E-state index in [1.165, 1.54) is 5.69 Å². The molecule has 4 rings (SSSR count). The van der Waals surface area contributed by atoms with Gasteiger partial charge in [0.15, 0.2) is 5.82 Å². The van der Waals surface area contributed by atoms with Gasteiger partial charge in [-0.1, -0.05) is 18.2 Å². The fraction of sp³-hybridized carbons (Fsp3) is 0.278. The van der Waals surface area contributed by atoms with Gasteiger partial charge < -0.3 is 10.6 Å². The Labute approximate surface area is 145 Å². The second kappa shape index (κ2) is 6.18. The predicted molar refractivity (Wildman–Crippen MR) is 94.9 cm³/mol. The Morgan fingerprint density at radius 1 is 1.32 bits per heavy atom. The van der Waals surface area contributed by atoms with Crippen LogP contribution in [0.1, 0.15) is 27.2 Å². The van der Waals surface area contributed by atoms with Gasteiger partial charge in [-0.15, -0.1) is 0 Å². The third-order valence-electron chi connectivity index (χ3n) is 4.55. The molecule has 0 bridgehead atoms. The zero-order chi connectivity index (χ0) is 17.4. The molecule has 7 nitrogen and oxygen atoms in total. The molecule has 25 heavy (non-hydrogen) atoms. The molecule has 1 aliphatic heterocycles. The summed E-state index contributed by atoms with van der Waals surface area (Å²) in [5.74, 6) is 0.421. The van der Waals surface area contributed by atoms with Gasteiger partial charge in [0, 0.05) is 44.0 Å². The lowest BCUT2D eigenvalue weighted by atomic mass is 10.1. The van der Waals surface area contributed by atoms with Crippen molar-refractivity contribution in [2.45, 2.75) is 19.9 Å². The Balaban J connectivity index is 1.58. The quantitative estimate of drug-likeness (QED) is 0.765. The van der Waals surface area contributed by atoms with Gasteiger partial charge in [-0.3, -0.25) is 9.48 Å². The van der Waals surface area contributed by atoms with Crippen LogP contribution in [0.5, 0.6) is 0 Å². The number of aryl methyl sites for hydroxylation is 2. The molecule has 0 spiro atoms. The number of rotatable bonds is 3. The van der Waals surface area contributed by atoms with Gasteiger partial charge in [0.2, 0.25) is 0 Å². The van der Waals surface area contributed by atoms with Crippen LogP contribution >= 0.6 is 0 Å². The van der Waals surface area contributed by atoms with Gasteiger partial charge in [0.05, 0.1) is 17.4 Å². The second-order valence-corrected chi connectivity index (χ2v) is 6.24. The van der Waals surface area contributed by atoms with E-state index >= 15 is 0 Å². The number of amides is 1. The maximum atomic E-state index is 12.6. The highest BCUT2D eigenvalue weighted by molar-refractivity contribution is 6.03. The van der Waals surface area contributed by atoms with Crippen molar-refractivity contribution >= 4 is 11.7 Å². The lowest BCUT2D eigenvalue weighted by Crippen LogP contribution is -2.25. The van der Waals surface area contributed by atoms with Crippen molar-refractivity contribution in [2.24, 2.45) is 7.05 Å². The summed E-state index contributed by atoms with van der Waals surface area (Å²) < 4.78 is 3.57. The topological polar surface area (TPSA) is 76.8 Å². The predicted octanol–water partition coefficient (Wildman–Crippen LogP) is 1.81. The van der Waals surface area contributed by atoms with Crippen LogP contribution in [0.2, 0.25) is 0 Å². The Morgan fingerprint density at radius 3 is 3.00 bits per heavy atom. The molecule has 2 N–H and O–H groups in total. The number of carbonyl (C=O) groups is 1. The number of hydrogen-bond donors (Lipinski definition) is 2. The first-order chi connectivity index (χ1) is 12.1. The molecule has 0 radical (unpaired) electrons. The fourth-order valence-corrected chi connectivity index (χ4v) is 3.19. The van der Waals surface area contributed by atoms with E-state index in [0.29, 0.717) is 11.4 Å². The molecule has 0 fully saturated rings. The summed E-state index contributed by atoms with van der Waals surface area (Å²) in [6.07, 6.45) is 4.24. The molecule has 128 valence electrons. The van der Waals surface area contributed by atoms with Crippen molar-refractivity contribution < 1.29 is 4.79 Å². The Morgan fingerprint density at radius 2 is 2.16 bits per heavy atom. The Bertz CT molecular complexity index is 939. The van der Waals surface area contributed by atoms with Gasteiger partial charge in [-0.05, 0) is 18.6 Å². The van der Waals surface area contributed by atoms with Crippen LogP contribution in [0.25, 0.3) is 5.69 Å². The molecule has 1 aliphatic rings. The van der Waals surface area contributed by atoms with Crippen LogP contribution in [0.3, 0.4) is 0 Å². The summed E-state index contributed by atoms with van der Waals surface area (Å²) in [6.45, 7) is 3.67. The molecule has 0 saturated carbocycles. The number of hydrogen-bond acceptors (Lipinski definition) is 4. The molecule has 0 aliphatic carbocycles. The first-order valence-electron chi connectivity index (χ1n) is 8.31. The number of aromatic nitrogens is 4. The van der Waals surface area contributed by atoms with E-state index in [2.05, 4.69) is 20.8 Å². The van der Waals surface area contributed by atoms with Gasteiger partial charge in [-0.2, -0.15) is 10.2 Å². The van der Waals surface area contributed by atoms with Crippen LogP contribution in [0.4, 0.5) is 5.82 Å². The monoisotopic (exact) mass is 336 g/mol. The molecule has 0 saturated heterocycles. The zero-order valence-electron chi connectivity index (χ0n) is 14.3. The average molecular weight is 336 g/mol. The van der Waals surface area contributed by atoms with E-state index in [-0.39, 0.29) is 5.91 Å². The van der Waals surface area contributed by atoms with Crippen molar-refractivity contribution in [2.75, 3.05) is 11.9 Å². The van der Waals surface area contributed by atoms with Crippen LogP contribution in [0, 0.1) is 6.92 Å². The molecule has 1 amide bonds. The van der Waals surface area contributed by atoms with E-state index in [0.717, 1.165) is 36.3 Å². The van der Waals surface area contributed by atoms with Gasteiger partial charge in [-0.25, -0.2) is 4.68 Å². The number of para-hydroxylation sites is 1. The van der Waals surface area contributed by atoms with Gasteiger partial charge in [0.1, 0.15) is 0 Å². The van der Waals surface area contributed by atoms with E-state index in [1.807, 2.05) is 42.9 Å². The minimum Gasteiger partial charge on any atom is -0.312 e.